The van der Waals surface area contributed by atoms with Gasteiger partial charge in [-0.2, -0.15) is 10.5 Å². The molecule has 3 aliphatic carbocycles. The molecule has 5 rings (SSSR count). The molecule has 3 aliphatic rings. The third kappa shape index (κ3) is 3.37. The van der Waals surface area contributed by atoms with Crippen molar-refractivity contribution < 1.29 is 5.11 Å². The van der Waals surface area contributed by atoms with E-state index in [-0.39, 0.29) is 11.5 Å². The van der Waals surface area contributed by atoms with E-state index >= 15 is 0 Å². The first-order valence-electron chi connectivity index (χ1n) is 11.9. The van der Waals surface area contributed by atoms with E-state index in [1.165, 1.54) is 11.1 Å². The molecule has 3 nitrogen and oxygen atoms in total. The van der Waals surface area contributed by atoms with Gasteiger partial charge in [-0.1, -0.05) is 43.3 Å². The average Bonchev–Trinajstić information content (AvgIpc) is 3.08. The molecule has 0 spiro atoms. The highest BCUT2D eigenvalue weighted by atomic mass is 16.3. The van der Waals surface area contributed by atoms with Gasteiger partial charge < -0.3 is 5.11 Å². The zero-order valence-corrected chi connectivity index (χ0v) is 18.7. The fourth-order valence-electron chi connectivity index (χ4n) is 7.27. The van der Waals surface area contributed by atoms with Crippen molar-refractivity contribution in [2.75, 3.05) is 0 Å². The minimum atomic E-state index is -0.228. The van der Waals surface area contributed by atoms with Crippen LogP contribution >= 0.6 is 0 Å². The monoisotopic (exact) mass is 422 g/mol. The summed E-state index contributed by atoms with van der Waals surface area (Å²) in [5.74, 6) is 2.10. The number of fused-ring (bicyclic) bond motifs is 5. The van der Waals surface area contributed by atoms with Crippen LogP contribution in [0.3, 0.4) is 0 Å². The van der Waals surface area contributed by atoms with Crippen molar-refractivity contribution >= 4 is 6.08 Å². The molecule has 3 unspecified atom stereocenters. The largest absolute Gasteiger partial charge is 0.393 e. The molecule has 0 saturated heterocycles. The Hall–Kier alpha value is -2.88. The molecule has 2 saturated carbocycles. The summed E-state index contributed by atoms with van der Waals surface area (Å²) in [6.45, 7) is 2.32. The Morgan fingerprint density at radius 2 is 1.91 bits per heavy atom. The lowest BCUT2D eigenvalue weighted by Gasteiger charge is -2.51. The summed E-state index contributed by atoms with van der Waals surface area (Å²) < 4.78 is 0. The van der Waals surface area contributed by atoms with Crippen LogP contribution in [0.25, 0.3) is 6.08 Å². The number of hydrogen-bond acceptors (Lipinski definition) is 3. The Morgan fingerprint density at radius 3 is 2.66 bits per heavy atom. The second-order valence-corrected chi connectivity index (χ2v) is 10.2. The predicted molar refractivity (Wildman–Crippen MR) is 125 cm³/mol. The molecule has 0 radical (unpaired) electrons. The van der Waals surface area contributed by atoms with E-state index in [2.05, 4.69) is 43.3 Å². The molecule has 2 fully saturated rings. The van der Waals surface area contributed by atoms with Crippen molar-refractivity contribution in [3.8, 4) is 12.1 Å². The molecule has 2 aromatic carbocycles. The van der Waals surface area contributed by atoms with Gasteiger partial charge >= 0.3 is 0 Å². The van der Waals surface area contributed by atoms with Crippen molar-refractivity contribution in [1.29, 1.82) is 10.5 Å². The minimum Gasteiger partial charge on any atom is -0.393 e. The molecule has 0 heterocycles. The third-order valence-electron chi connectivity index (χ3n) is 8.78. The van der Waals surface area contributed by atoms with Gasteiger partial charge in [-0.15, -0.1) is 0 Å². The van der Waals surface area contributed by atoms with Gasteiger partial charge in [-0.05, 0) is 103 Å². The van der Waals surface area contributed by atoms with Gasteiger partial charge in [0.1, 0.15) is 0 Å². The quantitative estimate of drug-likeness (QED) is 0.662. The summed E-state index contributed by atoms with van der Waals surface area (Å²) in [5, 5.41) is 29.7. The van der Waals surface area contributed by atoms with Crippen molar-refractivity contribution in [3.05, 3.63) is 76.4 Å². The van der Waals surface area contributed by atoms with Gasteiger partial charge in [-0.3, -0.25) is 0 Å². The van der Waals surface area contributed by atoms with Crippen molar-refractivity contribution in [1.82, 2.24) is 0 Å². The van der Waals surface area contributed by atoms with Gasteiger partial charge in [0.25, 0.3) is 0 Å². The maximum Gasteiger partial charge on any atom is 0.0994 e. The Bertz CT molecular complexity index is 1120. The predicted octanol–water partition coefficient (Wildman–Crippen LogP) is 5.98. The lowest BCUT2D eigenvalue weighted by atomic mass is 9.53. The maximum atomic E-state index is 11.1. The van der Waals surface area contributed by atoms with E-state index in [1.54, 1.807) is 0 Å². The van der Waals surface area contributed by atoms with Crippen LogP contribution in [-0.2, 0) is 6.42 Å². The second kappa shape index (κ2) is 8.23. The number of aliphatic hydroxyl groups is 1. The zero-order valence-electron chi connectivity index (χ0n) is 18.7. The second-order valence-electron chi connectivity index (χ2n) is 10.2. The highest BCUT2D eigenvalue weighted by Crippen LogP contribution is 2.63. The standard InChI is InChI=1S/C29H30N2O/c1-29-15-14-25-24-7-3-6-22(18-31)23(24)12-13-26(25)28(29)21(16-27(29)32)5-2-4-19-8-10-20(17-30)11-9-19/h2-4,6-11,21,25-28,32H,5,12-16H2,1H3/b4-2+/t21-,25?,26?,27+,28?,29-/m1/s1. The molecular weight excluding hydrogens is 392 g/mol. The molecule has 32 heavy (non-hydrogen) atoms. The van der Waals surface area contributed by atoms with Crippen LogP contribution in [0.5, 0.6) is 0 Å². The molecule has 0 aliphatic heterocycles. The Balaban J connectivity index is 1.39. The third-order valence-corrected chi connectivity index (χ3v) is 8.78. The van der Waals surface area contributed by atoms with Crippen molar-refractivity contribution in [2.24, 2.45) is 23.2 Å². The lowest BCUT2D eigenvalue weighted by molar-refractivity contribution is -0.0296. The molecule has 162 valence electrons. The number of aliphatic hydroxyl groups excluding tert-OH is 1. The van der Waals surface area contributed by atoms with Gasteiger partial charge in [-0.25, -0.2) is 0 Å². The van der Waals surface area contributed by atoms with Crippen LogP contribution in [-0.4, -0.2) is 11.2 Å². The average molecular weight is 423 g/mol. The van der Waals surface area contributed by atoms with Crippen LogP contribution in [0.15, 0.2) is 48.5 Å². The first-order valence-corrected chi connectivity index (χ1v) is 11.9. The Labute approximate surface area is 191 Å². The molecule has 0 aromatic heterocycles. The fourth-order valence-corrected chi connectivity index (χ4v) is 7.27. The summed E-state index contributed by atoms with van der Waals surface area (Å²) >= 11 is 0. The van der Waals surface area contributed by atoms with E-state index in [1.807, 2.05) is 30.3 Å². The molecule has 0 amide bonds. The summed E-state index contributed by atoms with van der Waals surface area (Å²) in [7, 11) is 0. The summed E-state index contributed by atoms with van der Waals surface area (Å²) in [4.78, 5) is 0. The SMILES string of the molecule is C[C@]12CCC3c4cccc(C#N)c4CCC3C1[C@H](C/C=C/c1ccc(C#N)cc1)C[C@@H]2O. The molecule has 6 atom stereocenters. The van der Waals surface area contributed by atoms with Gasteiger partial charge in [0, 0.05) is 0 Å². The lowest BCUT2D eigenvalue weighted by Crippen LogP contribution is -2.45. The van der Waals surface area contributed by atoms with Crippen LogP contribution in [0.1, 0.15) is 72.8 Å². The van der Waals surface area contributed by atoms with Crippen molar-refractivity contribution in [3.63, 3.8) is 0 Å². The fraction of sp³-hybridized carbons (Fsp3) is 0.448. The van der Waals surface area contributed by atoms with E-state index < -0.39 is 0 Å². The number of nitrogens with zero attached hydrogens (tertiary/aromatic N) is 2. The van der Waals surface area contributed by atoms with Gasteiger partial charge in [0.05, 0.1) is 29.4 Å². The van der Waals surface area contributed by atoms with E-state index in [0.29, 0.717) is 29.2 Å². The number of nitriles is 2. The number of allylic oxidation sites excluding steroid dienone is 1. The highest BCUT2D eigenvalue weighted by molar-refractivity contribution is 5.51. The molecular formula is C29H30N2O. The summed E-state index contributed by atoms with van der Waals surface area (Å²) in [5.41, 5.74) is 5.32. The van der Waals surface area contributed by atoms with E-state index in [9.17, 15) is 10.4 Å². The van der Waals surface area contributed by atoms with E-state index in [0.717, 1.165) is 49.7 Å². The van der Waals surface area contributed by atoms with Crippen LogP contribution in [0, 0.1) is 45.8 Å². The summed E-state index contributed by atoms with van der Waals surface area (Å²) in [6.07, 6.45) is 10.3. The molecule has 1 N–H and O–H groups in total. The number of rotatable bonds is 3. The molecule has 0 bridgehead atoms. The van der Waals surface area contributed by atoms with Gasteiger partial charge in [0.15, 0.2) is 0 Å². The molecule has 3 heteroatoms. The number of hydrogen-bond donors (Lipinski definition) is 1. The maximum absolute atomic E-state index is 11.1. The van der Waals surface area contributed by atoms with Crippen LogP contribution in [0.4, 0.5) is 0 Å². The first-order chi connectivity index (χ1) is 15.5. The summed E-state index contributed by atoms with van der Waals surface area (Å²) in [6, 6.07) is 18.5. The zero-order chi connectivity index (χ0) is 22.3. The number of benzene rings is 2. The first kappa shape index (κ1) is 21.0. The van der Waals surface area contributed by atoms with Gasteiger partial charge in [0.2, 0.25) is 0 Å². The van der Waals surface area contributed by atoms with E-state index in [4.69, 9.17) is 5.26 Å². The minimum absolute atomic E-state index is 0.00153. The Kier molecular flexibility index (Phi) is 5.40. The molecule has 2 aromatic rings. The normalized spacial score (nSPS) is 33.1. The van der Waals surface area contributed by atoms with Crippen molar-refractivity contribution in [2.45, 2.75) is 57.5 Å². The Morgan fingerprint density at radius 1 is 1.09 bits per heavy atom. The van der Waals surface area contributed by atoms with Crippen LogP contribution in [0.2, 0.25) is 0 Å². The van der Waals surface area contributed by atoms with Crippen LogP contribution < -0.4 is 0 Å². The smallest absolute Gasteiger partial charge is 0.0994 e. The highest BCUT2D eigenvalue weighted by Gasteiger charge is 2.58. The topological polar surface area (TPSA) is 67.8 Å².